The number of hydrogen-bond acceptors (Lipinski definition) is 6. The zero-order valence-corrected chi connectivity index (χ0v) is 16.5. The molecule has 1 heterocycles. The Kier molecular flexibility index (Phi) is 5.96. The fourth-order valence-corrected chi connectivity index (χ4v) is 3.42. The molecule has 0 spiro atoms. The summed E-state index contributed by atoms with van der Waals surface area (Å²) in [6.07, 6.45) is 0. The fourth-order valence-electron chi connectivity index (χ4n) is 2.60. The number of aromatic nitrogens is 3. The summed E-state index contributed by atoms with van der Waals surface area (Å²) in [5.41, 5.74) is 1.91. The maximum atomic E-state index is 12.5. The smallest absolute Gasteiger partial charge is 0.237 e. The number of carbonyl (C=O) groups is 1. The number of thioether (sulfide) groups is 1. The van der Waals surface area contributed by atoms with Gasteiger partial charge >= 0.3 is 0 Å². The SMILES string of the molecule is COc1ccccc1-c1nnc(S[C@@H](C)C(=O)Nc2cccc(C#N)c2)n1C. The van der Waals surface area contributed by atoms with Crippen LogP contribution in [0, 0.1) is 11.3 Å². The molecule has 0 saturated carbocycles. The van der Waals surface area contributed by atoms with Crippen molar-refractivity contribution in [3.05, 3.63) is 54.1 Å². The number of rotatable bonds is 6. The molecular weight excluding hydrogens is 374 g/mol. The second-order valence-electron chi connectivity index (χ2n) is 6.01. The number of amides is 1. The average molecular weight is 393 g/mol. The molecule has 1 N–H and O–H groups in total. The number of nitrogens with zero attached hydrogens (tertiary/aromatic N) is 4. The van der Waals surface area contributed by atoms with Gasteiger partial charge in [-0.15, -0.1) is 10.2 Å². The van der Waals surface area contributed by atoms with Gasteiger partial charge in [-0.1, -0.05) is 30.0 Å². The summed E-state index contributed by atoms with van der Waals surface area (Å²) < 4.78 is 7.23. The lowest BCUT2D eigenvalue weighted by Crippen LogP contribution is -2.22. The van der Waals surface area contributed by atoms with E-state index in [1.807, 2.05) is 35.9 Å². The summed E-state index contributed by atoms with van der Waals surface area (Å²) >= 11 is 1.31. The summed E-state index contributed by atoms with van der Waals surface area (Å²) in [6.45, 7) is 1.80. The lowest BCUT2D eigenvalue weighted by molar-refractivity contribution is -0.115. The number of methoxy groups -OCH3 is 1. The Bertz CT molecular complexity index is 1040. The molecule has 1 aromatic heterocycles. The molecule has 142 valence electrons. The first-order chi connectivity index (χ1) is 13.5. The number of carbonyl (C=O) groups excluding carboxylic acids is 1. The molecular formula is C20H19N5O2S. The van der Waals surface area contributed by atoms with Crippen molar-refractivity contribution in [3.63, 3.8) is 0 Å². The lowest BCUT2D eigenvalue weighted by atomic mass is 10.2. The largest absolute Gasteiger partial charge is 0.496 e. The van der Waals surface area contributed by atoms with Crippen LogP contribution in [0.1, 0.15) is 12.5 Å². The van der Waals surface area contributed by atoms with Gasteiger partial charge in [0.15, 0.2) is 11.0 Å². The van der Waals surface area contributed by atoms with Crippen LogP contribution >= 0.6 is 11.8 Å². The minimum Gasteiger partial charge on any atom is -0.496 e. The molecule has 8 heteroatoms. The van der Waals surface area contributed by atoms with Crippen molar-refractivity contribution in [3.8, 4) is 23.2 Å². The number of ether oxygens (including phenoxy) is 1. The van der Waals surface area contributed by atoms with Crippen LogP contribution in [0.2, 0.25) is 0 Å². The summed E-state index contributed by atoms with van der Waals surface area (Å²) in [7, 11) is 3.46. The molecule has 0 saturated heterocycles. The first-order valence-electron chi connectivity index (χ1n) is 8.54. The molecule has 0 aliphatic rings. The Hall–Kier alpha value is -3.31. The van der Waals surface area contributed by atoms with Gasteiger partial charge in [0.1, 0.15) is 5.75 Å². The second-order valence-corrected chi connectivity index (χ2v) is 7.32. The summed E-state index contributed by atoms with van der Waals surface area (Å²) in [5.74, 6) is 1.19. The van der Waals surface area contributed by atoms with Crippen LogP contribution < -0.4 is 10.1 Å². The van der Waals surface area contributed by atoms with E-state index in [-0.39, 0.29) is 5.91 Å². The number of hydrogen-bond donors (Lipinski definition) is 1. The van der Waals surface area contributed by atoms with E-state index in [1.54, 1.807) is 38.3 Å². The molecule has 0 bridgehead atoms. The fraction of sp³-hybridized carbons (Fsp3) is 0.200. The van der Waals surface area contributed by atoms with E-state index in [0.717, 1.165) is 5.56 Å². The van der Waals surface area contributed by atoms with Crippen LogP contribution in [0.15, 0.2) is 53.7 Å². The van der Waals surface area contributed by atoms with Crippen molar-refractivity contribution in [1.82, 2.24) is 14.8 Å². The molecule has 0 radical (unpaired) electrons. The van der Waals surface area contributed by atoms with Crippen molar-refractivity contribution in [2.45, 2.75) is 17.3 Å². The first kappa shape index (κ1) is 19.5. The molecule has 0 aliphatic heterocycles. The lowest BCUT2D eigenvalue weighted by Gasteiger charge is -2.12. The third-order valence-electron chi connectivity index (χ3n) is 4.09. The predicted octanol–water partition coefficient (Wildman–Crippen LogP) is 3.48. The van der Waals surface area contributed by atoms with Gasteiger partial charge in [-0.05, 0) is 37.3 Å². The molecule has 0 fully saturated rings. The number of nitriles is 1. The van der Waals surface area contributed by atoms with Crippen LogP contribution in [0.25, 0.3) is 11.4 Å². The van der Waals surface area contributed by atoms with Gasteiger partial charge in [-0.3, -0.25) is 4.79 Å². The highest BCUT2D eigenvalue weighted by Crippen LogP contribution is 2.31. The Labute approximate surface area is 167 Å². The summed E-state index contributed by atoms with van der Waals surface area (Å²) in [5, 5.41) is 20.5. The Balaban J connectivity index is 1.74. The molecule has 3 aromatic rings. The predicted molar refractivity (Wildman–Crippen MR) is 108 cm³/mol. The van der Waals surface area contributed by atoms with Gasteiger partial charge < -0.3 is 14.6 Å². The molecule has 1 atom stereocenters. The van der Waals surface area contributed by atoms with Gasteiger partial charge in [0.2, 0.25) is 5.91 Å². The number of para-hydroxylation sites is 1. The number of nitrogens with one attached hydrogen (secondary N) is 1. The first-order valence-corrected chi connectivity index (χ1v) is 9.42. The third kappa shape index (κ3) is 4.15. The van der Waals surface area contributed by atoms with E-state index in [4.69, 9.17) is 10.00 Å². The zero-order valence-electron chi connectivity index (χ0n) is 15.7. The van der Waals surface area contributed by atoms with Gasteiger partial charge in [0.25, 0.3) is 0 Å². The highest BCUT2D eigenvalue weighted by molar-refractivity contribution is 8.00. The van der Waals surface area contributed by atoms with E-state index in [1.165, 1.54) is 11.8 Å². The molecule has 7 nitrogen and oxygen atoms in total. The molecule has 1 amide bonds. The van der Waals surface area contributed by atoms with Crippen molar-refractivity contribution >= 4 is 23.4 Å². The molecule has 0 unspecified atom stereocenters. The van der Waals surface area contributed by atoms with E-state index < -0.39 is 5.25 Å². The van der Waals surface area contributed by atoms with E-state index in [9.17, 15) is 4.79 Å². The van der Waals surface area contributed by atoms with Crippen molar-refractivity contribution < 1.29 is 9.53 Å². The summed E-state index contributed by atoms with van der Waals surface area (Å²) in [6, 6.07) is 16.4. The molecule has 28 heavy (non-hydrogen) atoms. The van der Waals surface area contributed by atoms with Gasteiger partial charge in [0.05, 0.1) is 29.6 Å². The van der Waals surface area contributed by atoms with Crippen LogP contribution in [0.3, 0.4) is 0 Å². The number of anilines is 1. The van der Waals surface area contributed by atoms with Crippen LogP contribution in [0.4, 0.5) is 5.69 Å². The Morgan fingerprint density at radius 2 is 2.04 bits per heavy atom. The van der Waals surface area contributed by atoms with E-state index in [2.05, 4.69) is 21.6 Å². The standard InChI is InChI=1S/C20H19N5O2S/c1-13(19(26)22-15-8-6-7-14(11-15)12-21)28-20-24-23-18(25(20)2)16-9-4-5-10-17(16)27-3/h4-11,13H,1-3H3,(H,22,26)/t13-/m0/s1. The van der Waals surface area contributed by atoms with Crippen molar-refractivity contribution in [2.75, 3.05) is 12.4 Å². The van der Waals surface area contributed by atoms with Gasteiger partial charge in [0, 0.05) is 12.7 Å². The Morgan fingerprint density at radius 3 is 2.79 bits per heavy atom. The van der Waals surface area contributed by atoms with Crippen molar-refractivity contribution in [1.29, 1.82) is 5.26 Å². The quantitative estimate of drug-likeness (QED) is 0.645. The molecule has 3 rings (SSSR count). The minimum atomic E-state index is -0.404. The van der Waals surface area contributed by atoms with Gasteiger partial charge in [-0.25, -0.2) is 0 Å². The highest BCUT2D eigenvalue weighted by atomic mass is 32.2. The number of benzene rings is 2. The van der Waals surface area contributed by atoms with Crippen LogP contribution in [0.5, 0.6) is 5.75 Å². The second kappa shape index (κ2) is 8.59. The van der Waals surface area contributed by atoms with Gasteiger partial charge in [-0.2, -0.15) is 5.26 Å². The van der Waals surface area contributed by atoms with E-state index >= 15 is 0 Å². The average Bonchev–Trinajstić information content (AvgIpc) is 3.08. The maximum Gasteiger partial charge on any atom is 0.237 e. The maximum absolute atomic E-state index is 12.5. The normalized spacial score (nSPS) is 11.5. The van der Waals surface area contributed by atoms with Crippen LogP contribution in [-0.2, 0) is 11.8 Å². The van der Waals surface area contributed by atoms with Crippen LogP contribution in [-0.4, -0.2) is 33.0 Å². The molecule has 0 aliphatic carbocycles. The van der Waals surface area contributed by atoms with E-state index in [0.29, 0.717) is 28.0 Å². The van der Waals surface area contributed by atoms with Crippen molar-refractivity contribution in [2.24, 2.45) is 7.05 Å². The Morgan fingerprint density at radius 1 is 1.25 bits per heavy atom. The third-order valence-corrected chi connectivity index (χ3v) is 5.23. The zero-order chi connectivity index (χ0) is 20.1. The minimum absolute atomic E-state index is 0.179. The molecule has 2 aromatic carbocycles. The highest BCUT2D eigenvalue weighted by Gasteiger charge is 2.20. The summed E-state index contributed by atoms with van der Waals surface area (Å²) in [4.78, 5) is 12.5. The topological polar surface area (TPSA) is 92.8 Å². The monoisotopic (exact) mass is 393 g/mol.